The van der Waals surface area contributed by atoms with Gasteiger partial charge < -0.3 is 0 Å². The topological polar surface area (TPSA) is 83.6 Å². The van der Waals surface area contributed by atoms with Crippen LogP contribution in [0, 0.1) is 0 Å². The van der Waals surface area contributed by atoms with Gasteiger partial charge in [0.05, 0.1) is 0 Å². The van der Waals surface area contributed by atoms with Crippen molar-refractivity contribution in [1.29, 1.82) is 0 Å². The van der Waals surface area contributed by atoms with Crippen molar-refractivity contribution in [2.45, 2.75) is 6.92 Å². The van der Waals surface area contributed by atoms with E-state index in [1.54, 1.807) is 60.7 Å². The first-order valence-corrected chi connectivity index (χ1v) is 7.25. The van der Waals surface area contributed by atoms with Gasteiger partial charge in [0.25, 0.3) is 11.8 Å². The third-order valence-electron chi connectivity index (χ3n) is 3.24. The number of nitrogens with zero attached hydrogens (tertiary/aromatic N) is 1. The van der Waals surface area contributed by atoms with E-state index in [1.165, 1.54) is 6.92 Å². The molecule has 0 spiro atoms. The van der Waals surface area contributed by atoms with Crippen LogP contribution in [0.25, 0.3) is 0 Å². The number of amides is 4. The highest BCUT2D eigenvalue weighted by molar-refractivity contribution is 6.09. The highest BCUT2D eigenvalue weighted by atomic mass is 16.2. The van der Waals surface area contributed by atoms with Gasteiger partial charge in [-0.3, -0.25) is 29.4 Å². The summed E-state index contributed by atoms with van der Waals surface area (Å²) in [7, 11) is 0. The molecule has 0 heterocycles. The lowest BCUT2D eigenvalue weighted by Gasteiger charge is -2.18. The molecule has 1 N–H and O–H groups in total. The van der Waals surface area contributed by atoms with Gasteiger partial charge in [0.2, 0.25) is 11.8 Å². The van der Waals surface area contributed by atoms with Crippen molar-refractivity contribution in [3.8, 4) is 0 Å². The minimum atomic E-state index is -0.733. The fraction of sp³-hybridized carbons (Fsp3) is 0.111. The first-order chi connectivity index (χ1) is 11.5. The Hall–Kier alpha value is -3.28. The molecular weight excluding hydrogens is 308 g/mol. The van der Waals surface area contributed by atoms with Gasteiger partial charge in [-0.2, -0.15) is 0 Å². The van der Waals surface area contributed by atoms with E-state index in [0.29, 0.717) is 5.56 Å². The van der Waals surface area contributed by atoms with Crippen LogP contribution >= 0.6 is 0 Å². The second kappa shape index (κ2) is 7.82. The second-order valence-electron chi connectivity index (χ2n) is 5.02. The molecule has 6 nitrogen and oxygen atoms in total. The molecule has 2 rings (SSSR count). The van der Waals surface area contributed by atoms with Crippen molar-refractivity contribution in [3.63, 3.8) is 0 Å². The molecule has 2 aromatic carbocycles. The predicted octanol–water partition coefficient (Wildman–Crippen LogP) is 1.63. The molecule has 0 saturated heterocycles. The van der Waals surface area contributed by atoms with Crippen LogP contribution in [0.15, 0.2) is 60.7 Å². The first kappa shape index (κ1) is 17.1. The highest BCUT2D eigenvalue weighted by Crippen LogP contribution is 2.05. The number of rotatable bonds is 4. The molecule has 6 heteroatoms. The van der Waals surface area contributed by atoms with Crippen LogP contribution in [0.4, 0.5) is 0 Å². The Morgan fingerprint density at radius 3 is 1.83 bits per heavy atom. The molecule has 0 radical (unpaired) electrons. The van der Waals surface area contributed by atoms with Gasteiger partial charge >= 0.3 is 0 Å². The third-order valence-corrected chi connectivity index (χ3v) is 3.24. The Morgan fingerprint density at radius 1 is 0.833 bits per heavy atom. The normalized spacial score (nSPS) is 9.88. The van der Waals surface area contributed by atoms with E-state index in [4.69, 9.17) is 0 Å². The van der Waals surface area contributed by atoms with E-state index in [9.17, 15) is 19.2 Å². The number of hydrogen-bond donors (Lipinski definition) is 1. The summed E-state index contributed by atoms with van der Waals surface area (Å²) in [5.41, 5.74) is 0.601. The summed E-state index contributed by atoms with van der Waals surface area (Å²) in [5.74, 6) is -2.49. The van der Waals surface area contributed by atoms with Crippen molar-refractivity contribution < 1.29 is 19.2 Å². The van der Waals surface area contributed by atoms with Crippen LogP contribution in [0.5, 0.6) is 0 Å². The van der Waals surface area contributed by atoms with Gasteiger partial charge in [0.1, 0.15) is 6.54 Å². The second-order valence-corrected chi connectivity index (χ2v) is 5.02. The fourth-order valence-corrected chi connectivity index (χ4v) is 2.03. The molecule has 0 unspecified atom stereocenters. The first-order valence-electron chi connectivity index (χ1n) is 7.25. The van der Waals surface area contributed by atoms with Crippen LogP contribution < -0.4 is 5.32 Å². The summed E-state index contributed by atoms with van der Waals surface area (Å²) in [5, 5.41) is 2.16. The van der Waals surface area contributed by atoms with Crippen molar-refractivity contribution in [2.75, 3.05) is 6.54 Å². The Bertz CT molecular complexity index is 757. The molecule has 0 saturated carbocycles. The average molecular weight is 324 g/mol. The molecule has 0 fully saturated rings. The SMILES string of the molecule is CC(=O)N(CC(=O)NC(=O)c1ccccc1)C(=O)c1ccccc1. The Balaban J connectivity index is 2.05. The lowest BCUT2D eigenvalue weighted by Crippen LogP contribution is -2.44. The van der Waals surface area contributed by atoms with Gasteiger partial charge in [-0.15, -0.1) is 0 Å². The summed E-state index contributed by atoms with van der Waals surface area (Å²) in [6.07, 6.45) is 0. The zero-order valence-electron chi connectivity index (χ0n) is 13.1. The summed E-state index contributed by atoms with van der Waals surface area (Å²) < 4.78 is 0. The fourth-order valence-electron chi connectivity index (χ4n) is 2.03. The minimum absolute atomic E-state index is 0.287. The van der Waals surface area contributed by atoms with E-state index in [1.807, 2.05) is 0 Å². The predicted molar refractivity (Wildman–Crippen MR) is 87.1 cm³/mol. The zero-order chi connectivity index (χ0) is 17.5. The Morgan fingerprint density at radius 2 is 1.33 bits per heavy atom. The van der Waals surface area contributed by atoms with Crippen molar-refractivity contribution >= 4 is 23.6 Å². The van der Waals surface area contributed by atoms with Gasteiger partial charge in [0.15, 0.2) is 0 Å². The van der Waals surface area contributed by atoms with Crippen molar-refractivity contribution in [3.05, 3.63) is 71.8 Å². The molecule has 0 bridgehead atoms. The molecule has 24 heavy (non-hydrogen) atoms. The lowest BCUT2D eigenvalue weighted by atomic mass is 10.2. The average Bonchev–Trinajstić information content (AvgIpc) is 2.60. The number of carbonyl (C=O) groups is 4. The molecule has 0 atom stereocenters. The van der Waals surface area contributed by atoms with Crippen LogP contribution in [0.3, 0.4) is 0 Å². The quantitative estimate of drug-likeness (QED) is 0.926. The van der Waals surface area contributed by atoms with E-state index in [2.05, 4.69) is 5.32 Å². The van der Waals surface area contributed by atoms with E-state index < -0.39 is 30.2 Å². The number of hydrogen-bond acceptors (Lipinski definition) is 4. The number of carbonyl (C=O) groups excluding carboxylic acids is 4. The standard InChI is InChI=1S/C18H16N2O4/c1-13(21)20(18(24)15-10-6-3-7-11-15)12-16(22)19-17(23)14-8-4-2-5-9-14/h2-11H,12H2,1H3,(H,19,22,23). The minimum Gasteiger partial charge on any atom is -0.291 e. The van der Waals surface area contributed by atoms with Gasteiger partial charge in [0, 0.05) is 18.1 Å². The summed E-state index contributed by atoms with van der Waals surface area (Å²) in [6.45, 7) is 0.661. The molecule has 0 aliphatic rings. The van der Waals surface area contributed by atoms with Crippen LogP contribution in [0.1, 0.15) is 27.6 Å². The summed E-state index contributed by atoms with van der Waals surface area (Å²) in [4.78, 5) is 48.7. The molecule has 122 valence electrons. The number of nitrogens with one attached hydrogen (secondary N) is 1. The number of imide groups is 2. The van der Waals surface area contributed by atoms with Gasteiger partial charge in [-0.25, -0.2) is 0 Å². The highest BCUT2D eigenvalue weighted by Gasteiger charge is 2.23. The van der Waals surface area contributed by atoms with Crippen LogP contribution in [-0.2, 0) is 9.59 Å². The maximum absolute atomic E-state index is 12.3. The van der Waals surface area contributed by atoms with Gasteiger partial charge in [-0.05, 0) is 24.3 Å². The Labute approximate surface area is 139 Å². The maximum atomic E-state index is 12.3. The summed E-state index contributed by atoms with van der Waals surface area (Å²) >= 11 is 0. The Kier molecular flexibility index (Phi) is 5.57. The lowest BCUT2D eigenvalue weighted by molar-refractivity contribution is -0.131. The van der Waals surface area contributed by atoms with Gasteiger partial charge in [-0.1, -0.05) is 36.4 Å². The smallest absolute Gasteiger partial charge is 0.260 e. The van der Waals surface area contributed by atoms with Crippen LogP contribution in [-0.4, -0.2) is 35.1 Å². The third kappa shape index (κ3) is 4.36. The van der Waals surface area contributed by atoms with E-state index >= 15 is 0 Å². The van der Waals surface area contributed by atoms with Crippen molar-refractivity contribution in [1.82, 2.24) is 10.2 Å². The molecule has 0 aromatic heterocycles. The summed E-state index contributed by atoms with van der Waals surface area (Å²) in [6, 6.07) is 16.3. The molecule has 0 aliphatic carbocycles. The maximum Gasteiger partial charge on any atom is 0.260 e. The van der Waals surface area contributed by atoms with Crippen molar-refractivity contribution in [2.24, 2.45) is 0 Å². The largest absolute Gasteiger partial charge is 0.291 e. The monoisotopic (exact) mass is 324 g/mol. The van der Waals surface area contributed by atoms with E-state index in [0.717, 1.165) is 4.90 Å². The molecular formula is C18H16N2O4. The zero-order valence-corrected chi connectivity index (χ0v) is 13.1. The molecule has 4 amide bonds. The number of benzene rings is 2. The van der Waals surface area contributed by atoms with Crippen LogP contribution in [0.2, 0.25) is 0 Å². The van der Waals surface area contributed by atoms with E-state index in [-0.39, 0.29) is 5.56 Å². The molecule has 0 aliphatic heterocycles. The molecule has 2 aromatic rings.